The van der Waals surface area contributed by atoms with E-state index in [4.69, 9.17) is 6.42 Å². The van der Waals surface area contributed by atoms with E-state index < -0.39 is 0 Å². The van der Waals surface area contributed by atoms with Crippen molar-refractivity contribution in [2.45, 2.75) is 32.1 Å². The quantitative estimate of drug-likeness (QED) is 0.628. The van der Waals surface area contributed by atoms with Crippen LogP contribution in [0.3, 0.4) is 0 Å². The van der Waals surface area contributed by atoms with Gasteiger partial charge in [-0.25, -0.2) is 0 Å². The van der Waals surface area contributed by atoms with Gasteiger partial charge in [-0.1, -0.05) is 0 Å². The Bertz CT molecular complexity index is 383. The van der Waals surface area contributed by atoms with E-state index in [0.29, 0.717) is 0 Å². The third-order valence-corrected chi connectivity index (χ3v) is 3.42. The van der Waals surface area contributed by atoms with Crippen LogP contribution in [-0.2, 0) is 0 Å². The van der Waals surface area contributed by atoms with Crippen LogP contribution in [0.25, 0.3) is 0 Å². The molecule has 1 saturated heterocycles. The van der Waals surface area contributed by atoms with Gasteiger partial charge in [0.25, 0.3) is 0 Å². The van der Waals surface area contributed by atoms with E-state index in [1.165, 1.54) is 43.7 Å². The summed E-state index contributed by atoms with van der Waals surface area (Å²) in [4.78, 5) is 2.48. The fourth-order valence-corrected chi connectivity index (χ4v) is 2.37. The van der Waals surface area contributed by atoms with E-state index in [9.17, 15) is 0 Å². The van der Waals surface area contributed by atoms with Gasteiger partial charge in [-0.2, -0.15) is 0 Å². The number of benzene rings is 1. The maximum atomic E-state index is 5.23. The summed E-state index contributed by atoms with van der Waals surface area (Å²) >= 11 is 0. The van der Waals surface area contributed by atoms with Gasteiger partial charge in [-0.3, -0.25) is 0 Å². The molecule has 0 atom stereocenters. The number of rotatable bonds is 5. The molecular weight excluding hydrogens is 220 g/mol. The van der Waals surface area contributed by atoms with E-state index in [2.05, 4.69) is 40.4 Å². The van der Waals surface area contributed by atoms with Crippen molar-refractivity contribution in [3.05, 3.63) is 24.3 Å². The molecule has 2 rings (SSSR count). The average Bonchev–Trinajstić information content (AvgIpc) is 2.45. The molecule has 0 spiro atoms. The third-order valence-electron chi connectivity index (χ3n) is 3.42. The molecule has 2 nitrogen and oxygen atoms in total. The highest BCUT2D eigenvalue weighted by Crippen LogP contribution is 2.21. The van der Waals surface area contributed by atoms with E-state index in [1.54, 1.807) is 0 Å². The van der Waals surface area contributed by atoms with Crippen LogP contribution in [0.4, 0.5) is 11.4 Å². The molecule has 0 aromatic heterocycles. The molecule has 0 unspecified atom stereocenters. The molecule has 1 heterocycles. The Morgan fingerprint density at radius 2 is 1.83 bits per heavy atom. The second kappa shape index (κ2) is 6.96. The minimum Gasteiger partial charge on any atom is -0.385 e. The van der Waals surface area contributed by atoms with E-state index in [1.807, 2.05) is 0 Å². The van der Waals surface area contributed by atoms with Crippen molar-refractivity contribution in [2.24, 2.45) is 0 Å². The third kappa shape index (κ3) is 3.70. The van der Waals surface area contributed by atoms with E-state index >= 15 is 0 Å². The van der Waals surface area contributed by atoms with Crippen LogP contribution in [0.2, 0.25) is 0 Å². The summed E-state index contributed by atoms with van der Waals surface area (Å²) in [5.41, 5.74) is 2.54. The number of anilines is 2. The topological polar surface area (TPSA) is 15.3 Å². The van der Waals surface area contributed by atoms with Gasteiger partial charge in [0, 0.05) is 37.4 Å². The average molecular weight is 242 g/mol. The number of hydrogen-bond acceptors (Lipinski definition) is 2. The lowest BCUT2D eigenvalue weighted by Gasteiger charge is -2.28. The lowest BCUT2D eigenvalue weighted by atomic mass is 10.1. The summed E-state index contributed by atoms with van der Waals surface area (Å²) in [6, 6.07) is 8.77. The van der Waals surface area contributed by atoms with Gasteiger partial charge in [0.05, 0.1) is 0 Å². The van der Waals surface area contributed by atoms with Crippen molar-refractivity contribution in [3.63, 3.8) is 0 Å². The first-order valence-electron chi connectivity index (χ1n) is 6.92. The molecule has 0 radical (unpaired) electrons. The van der Waals surface area contributed by atoms with Crippen molar-refractivity contribution < 1.29 is 0 Å². The molecule has 1 aromatic carbocycles. The molecule has 0 saturated carbocycles. The number of piperidine rings is 1. The maximum absolute atomic E-state index is 5.23. The highest BCUT2D eigenvalue weighted by molar-refractivity contribution is 5.55. The zero-order valence-electron chi connectivity index (χ0n) is 11.0. The molecule has 0 bridgehead atoms. The SMILES string of the molecule is C#CCCCNc1ccc(N2CCCCC2)cc1. The van der Waals surface area contributed by atoms with Gasteiger partial charge < -0.3 is 10.2 Å². The normalized spacial score (nSPS) is 15.2. The fraction of sp³-hybridized carbons (Fsp3) is 0.500. The second-order valence-corrected chi connectivity index (χ2v) is 4.83. The summed E-state index contributed by atoms with van der Waals surface area (Å²) < 4.78 is 0. The van der Waals surface area contributed by atoms with Gasteiger partial charge in [0.15, 0.2) is 0 Å². The molecule has 1 fully saturated rings. The van der Waals surface area contributed by atoms with E-state index in [0.717, 1.165) is 19.4 Å². The summed E-state index contributed by atoms with van der Waals surface area (Å²) in [5, 5.41) is 3.40. The zero-order valence-corrected chi connectivity index (χ0v) is 11.0. The Kier molecular flexibility index (Phi) is 4.96. The van der Waals surface area contributed by atoms with Crippen molar-refractivity contribution in [1.82, 2.24) is 0 Å². The molecule has 0 amide bonds. The number of nitrogens with one attached hydrogen (secondary N) is 1. The Morgan fingerprint density at radius 3 is 2.50 bits per heavy atom. The largest absolute Gasteiger partial charge is 0.385 e. The monoisotopic (exact) mass is 242 g/mol. The molecule has 1 aromatic rings. The van der Waals surface area contributed by atoms with Crippen LogP contribution < -0.4 is 10.2 Å². The van der Waals surface area contributed by atoms with Gasteiger partial charge in [-0.05, 0) is 49.9 Å². The van der Waals surface area contributed by atoms with Crippen molar-refractivity contribution in [2.75, 3.05) is 29.9 Å². The first-order chi connectivity index (χ1) is 8.90. The van der Waals surface area contributed by atoms with Crippen LogP contribution in [-0.4, -0.2) is 19.6 Å². The first-order valence-corrected chi connectivity index (χ1v) is 6.92. The molecule has 1 aliphatic heterocycles. The van der Waals surface area contributed by atoms with Crippen molar-refractivity contribution in [1.29, 1.82) is 0 Å². The fourth-order valence-electron chi connectivity index (χ4n) is 2.37. The Labute approximate surface area is 110 Å². The Hall–Kier alpha value is -1.62. The number of nitrogens with zero attached hydrogens (tertiary/aromatic N) is 1. The lowest BCUT2D eigenvalue weighted by molar-refractivity contribution is 0.578. The molecule has 0 aliphatic carbocycles. The highest BCUT2D eigenvalue weighted by atomic mass is 15.1. The second-order valence-electron chi connectivity index (χ2n) is 4.83. The Morgan fingerprint density at radius 1 is 1.11 bits per heavy atom. The van der Waals surface area contributed by atoms with Crippen LogP contribution in [0.5, 0.6) is 0 Å². The lowest BCUT2D eigenvalue weighted by Crippen LogP contribution is -2.29. The molecular formula is C16H22N2. The minimum atomic E-state index is 0.846. The number of unbranched alkanes of at least 4 members (excludes halogenated alkanes) is 1. The zero-order chi connectivity index (χ0) is 12.6. The van der Waals surface area contributed by atoms with Gasteiger partial charge >= 0.3 is 0 Å². The summed E-state index contributed by atoms with van der Waals surface area (Å²) in [6.45, 7) is 3.36. The first kappa shape index (κ1) is 12.8. The minimum absolute atomic E-state index is 0.846. The highest BCUT2D eigenvalue weighted by Gasteiger charge is 2.10. The van der Waals surface area contributed by atoms with Gasteiger partial charge in [0.1, 0.15) is 0 Å². The van der Waals surface area contributed by atoms with Gasteiger partial charge in [0.2, 0.25) is 0 Å². The van der Waals surface area contributed by atoms with Crippen molar-refractivity contribution >= 4 is 11.4 Å². The van der Waals surface area contributed by atoms with Crippen LogP contribution in [0.1, 0.15) is 32.1 Å². The molecule has 96 valence electrons. The summed E-state index contributed by atoms with van der Waals surface area (Å²) in [7, 11) is 0. The number of terminal acetylenes is 1. The van der Waals surface area contributed by atoms with Crippen LogP contribution in [0, 0.1) is 12.3 Å². The van der Waals surface area contributed by atoms with Crippen LogP contribution in [0.15, 0.2) is 24.3 Å². The predicted molar refractivity (Wildman–Crippen MR) is 79.1 cm³/mol. The summed E-state index contributed by atoms with van der Waals surface area (Å²) in [5.74, 6) is 2.66. The number of hydrogen-bond donors (Lipinski definition) is 1. The summed E-state index contributed by atoms with van der Waals surface area (Å²) in [6.07, 6.45) is 11.1. The smallest absolute Gasteiger partial charge is 0.0367 e. The van der Waals surface area contributed by atoms with Gasteiger partial charge in [-0.15, -0.1) is 12.3 Å². The maximum Gasteiger partial charge on any atom is 0.0367 e. The Balaban J connectivity index is 1.83. The van der Waals surface area contributed by atoms with Crippen molar-refractivity contribution in [3.8, 4) is 12.3 Å². The van der Waals surface area contributed by atoms with E-state index in [-0.39, 0.29) is 0 Å². The molecule has 18 heavy (non-hydrogen) atoms. The molecule has 2 heteroatoms. The van der Waals surface area contributed by atoms with Crippen LogP contribution >= 0.6 is 0 Å². The standard InChI is InChI=1S/C16H22N2/c1-2-3-5-12-17-15-8-10-16(11-9-15)18-13-6-4-7-14-18/h1,8-11,17H,3-7,12-14H2. The molecule has 1 N–H and O–H groups in total. The predicted octanol–water partition coefficient (Wildman–Crippen LogP) is 3.50. The molecule has 1 aliphatic rings.